The van der Waals surface area contributed by atoms with Crippen LogP contribution in [0.5, 0.6) is 0 Å². The van der Waals surface area contributed by atoms with E-state index in [0.29, 0.717) is 6.04 Å². The van der Waals surface area contributed by atoms with Gasteiger partial charge in [0.05, 0.1) is 0 Å². The molecule has 1 aliphatic heterocycles. The van der Waals surface area contributed by atoms with Gasteiger partial charge in [0.2, 0.25) is 0 Å². The van der Waals surface area contributed by atoms with E-state index < -0.39 is 0 Å². The van der Waals surface area contributed by atoms with Crippen molar-refractivity contribution in [3.63, 3.8) is 0 Å². The number of hydrogen-bond acceptors (Lipinski definition) is 2. The molecule has 1 aromatic rings. The molecule has 2 rings (SSSR count). The van der Waals surface area contributed by atoms with Crippen LogP contribution in [0.15, 0.2) is 24.3 Å². The predicted octanol–water partition coefficient (Wildman–Crippen LogP) is 3.31. The van der Waals surface area contributed by atoms with Crippen LogP contribution in [0, 0.1) is 0 Å². The van der Waals surface area contributed by atoms with Crippen LogP contribution >= 0.6 is 11.6 Å². The molecule has 3 heteroatoms. The number of halogens is 1. The number of nitrogens with one attached hydrogen (secondary N) is 1. The van der Waals surface area contributed by atoms with Gasteiger partial charge in [-0.15, -0.1) is 0 Å². The van der Waals surface area contributed by atoms with E-state index in [-0.39, 0.29) is 5.54 Å². The molecule has 1 N–H and O–H groups in total. The van der Waals surface area contributed by atoms with Crippen molar-refractivity contribution in [3.05, 3.63) is 29.3 Å². The lowest BCUT2D eigenvalue weighted by Crippen LogP contribution is -2.51. The number of hydrogen-bond donors (Lipinski definition) is 1. The van der Waals surface area contributed by atoms with E-state index in [1.807, 2.05) is 12.1 Å². The summed E-state index contributed by atoms with van der Waals surface area (Å²) >= 11 is 6.10. The van der Waals surface area contributed by atoms with Crippen LogP contribution in [-0.2, 0) is 0 Å². The molecule has 0 amide bonds. The van der Waals surface area contributed by atoms with Gasteiger partial charge in [-0.05, 0) is 51.9 Å². The minimum atomic E-state index is 0.112. The molecule has 0 radical (unpaired) electrons. The lowest BCUT2D eigenvalue weighted by atomic mass is 9.99. The number of benzene rings is 1. The molecule has 1 saturated heterocycles. The quantitative estimate of drug-likeness (QED) is 0.825. The predicted molar refractivity (Wildman–Crippen MR) is 75.0 cm³/mol. The highest BCUT2D eigenvalue weighted by Crippen LogP contribution is 2.30. The Balaban J connectivity index is 2.38. The first-order valence-electron chi connectivity index (χ1n) is 6.26. The summed E-state index contributed by atoms with van der Waals surface area (Å²) in [6.07, 6.45) is 1.16. The molecule has 1 heterocycles. The van der Waals surface area contributed by atoms with Crippen molar-refractivity contribution in [2.75, 3.05) is 18.0 Å². The van der Waals surface area contributed by atoms with Crippen LogP contribution in [0.1, 0.15) is 27.2 Å². The Kier molecular flexibility index (Phi) is 3.64. The third-order valence-corrected chi connectivity index (χ3v) is 3.71. The van der Waals surface area contributed by atoms with E-state index in [4.69, 9.17) is 11.6 Å². The summed E-state index contributed by atoms with van der Waals surface area (Å²) in [4.78, 5) is 2.49. The van der Waals surface area contributed by atoms with Crippen LogP contribution in [0.4, 0.5) is 5.69 Å². The molecule has 0 aromatic heterocycles. The summed E-state index contributed by atoms with van der Waals surface area (Å²) < 4.78 is 0. The smallest absolute Gasteiger partial charge is 0.0473 e. The maximum absolute atomic E-state index is 6.10. The van der Waals surface area contributed by atoms with Crippen molar-refractivity contribution in [3.8, 4) is 0 Å². The number of anilines is 1. The molecule has 0 saturated carbocycles. The summed E-state index contributed by atoms with van der Waals surface area (Å²) in [5.74, 6) is 0. The zero-order valence-electron chi connectivity index (χ0n) is 10.8. The Morgan fingerprint density at radius 2 is 2.18 bits per heavy atom. The fourth-order valence-corrected chi connectivity index (χ4v) is 2.93. The van der Waals surface area contributed by atoms with Gasteiger partial charge in [-0.3, -0.25) is 0 Å². The Morgan fingerprint density at radius 1 is 1.41 bits per heavy atom. The maximum Gasteiger partial charge on any atom is 0.0473 e. The topological polar surface area (TPSA) is 15.3 Å². The molecular formula is C14H21ClN2. The zero-order valence-corrected chi connectivity index (χ0v) is 11.6. The molecule has 94 valence electrons. The Bertz CT molecular complexity index is 390. The number of nitrogens with zero attached hydrogens (tertiary/aromatic N) is 1. The van der Waals surface area contributed by atoms with Gasteiger partial charge in [-0.25, -0.2) is 0 Å². The van der Waals surface area contributed by atoms with Crippen molar-refractivity contribution in [1.82, 2.24) is 5.32 Å². The minimum absolute atomic E-state index is 0.112. The van der Waals surface area contributed by atoms with Crippen LogP contribution in [0.25, 0.3) is 0 Å². The molecule has 1 atom stereocenters. The van der Waals surface area contributed by atoms with Crippen LogP contribution in [0.2, 0.25) is 5.02 Å². The molecule has 0 spiro atoms. The largest absolute Gasteiger partial charge is 0.362 e. The molecule has 17 heavy (non-hydrogen) atoms. The molecule has 2 nitrogen and oxygen atoms in total. The lowest BCUT2D eigenvalue weighted by Gasteiger charge is -2.42. The highest BCUT2D eigenvalue weighted by Gasteiger charge is 2.32. The fourth-order valence-electron chi connectivity index (χ4n) is 2.75. The second kappa shape index (κ2) is 4.87. The Labute approximate surface area is 109 Å². The Morgan fingerprint density at radius 3 is 2.88 bits per heavy atom. The second-order valence-corrected chi connectivity index (χ2v) is 5.91. The summed E-state index contributed by atoms with van der Waals surface area (Å²) in [6.45, 7) is 8.94. The summed E-state index contributed by atoms with van der Waals surface area (Å²) in [5.41, 5.74) is 1.33. The average molecular weight is 253 g/mol. The minimum Gasteiger partial charge on any atom is -0.362 e. The summed E-state index contributed by atoms with van der Waals surface area (Å²) in [5, 5.41) is 4.32. The first kappa shape index (κ1) is 12.7. The molecule has 0 bridgehead atoms. The Hall–Kier alpha value is -0.730. The molecule has 1 aliphatic rings. The monoisotopic (exact) mass is 252 g/mol. The lowest BCUT2D eigenvalue weighted by molar-refractivity contribution is 0.433. The van der Waals surface area contributed by atoms with E-state index >= 15 is 0 Å². The fraction of sp³-hybridized carbons (Fsp3) is 0.571. The van der Waals surface area contributed by atoms with E-state index in [1.54, 1.807) is 0 Å². The van der Waals surface area contributed by atoms with Gasteiger partial charge in [-0.2, -0.15) is 0 Å². The third kappa shape index (κ3) is 2.75. The first-order chi connectivity index (χ1) is 8.00. The highest BCUT2D eigenvalue weighted by atomic mass is 35.5. The van der Waals surface area contributed by atoms with Gasteiger partial charge in [-0.1, -0.05) is 17.7 Å². The normalized spacial score (nSPS) is 24.5. The first-order valence-corrected chi connectivity index (χ1v) is 6.64. The van der Waals surface area contributed by atoms with Gasteiger partial charge >= 0.3 is 0 Å². The zero-order chi connectivity index (χ0) is 12.5. The second-order valence-electron chi connectivity index (χ2n) is 5.48. The van der Waals surface area contributed by atoms with Crippen LogP contribution in [0.3, 0.4) is 0 Å². The van der Waals surface area contributed by atoms with Gasteiger partial charge in [0.15, 0.2) is 0 Å². The van der Waals surface area contributed by atoms with Crippen molar-refractivity contribution in [2.24, 2.45) is 0 Å². The van der Waals surface area contributed by atoms with Crippen molar-refractivity contribution in [1.29, 1.82) is 0 Å². The van der Waals surface area contributed by atoms with Crippen LogP contribution in [-0.4, -0.2) is 24.7 Å². The van der Waals surface area contributed by atoms with Gasteiger partial charge in [0.25, 0.3) is 0 Å². The molecular weight excluding hydrogens is 232 g/mol. The molecule has 1 fully saturated rings. The third-order valence-electron chi connectivity index (χ3n) is 3.48. The van der Waals surface area contributed by atoms with Crippen molar-refractivity contribution < 1.29 is 0 Å². The van der Waals surface area contributed by atoms with Crippen molar-refractivity contribution >= 4 is 17.3 Å². The maximum atomic E-state index is 6.10. The summed E-state index contributed by atoms with van der Waals surface area (Å²) in [6, 6.07) is 8.69. The van der Waals surface area contributed by atoms with E-state index in [1.165, 1.54) is 5.69 Å². The average Bonchev–Trinajstić information content (AvgIpc) is 2.36. The van der Waals surface area contributed by atoms with E-state index in [2.05, 4.69) is 43.1 Å². The standard InChI is InChI=1S/C14H21ClN2/c1-11-7-8-16-10-14(2,3)17(11)13-6-4-5-12(15)9-13/h4-6,9,11,16H,7-8,10H2,1-3H3. The van der Waals surface area contributed by atoms with Gasteiger partial charge < -0.3 is 10.2 Å². The summed E-state index contributed by atoms with van der Waals surface area (Å²) in [7, 11) is 0. The van der Waals surface area contributed by atoms with Gasteiger partial charge in [0, 0.05) is 28.8 Å². The van der Waals surface area contributed by atoms with Crippen molar-refractivity contribution in [2.45, 2.75) is 38.8 Å². The van der Waals surface area contributed by atoms with E-state index in [9.17, 15) is 0 Å². The molecule has 0 aliphatic carbocycles. The molecule has 1 unspecified atom stereocenters. The van der Waals surface area contributed by atoms with Gasteiger partial charge in [0.1, 0.15) is 0 Å². The molecule has 1 aromatic carbocycles. The van der Waals surface area contributed by atoms with E-state index in [0.717, 1.165) is 24.5 Å². The highest BCUT2D eigenvalue weighted by molar-refractivity contribution is 6.30. The SMILES string of the molecule is CC1CCNCC(C)(C)N1c1cccc(Cl)c1. The number of rotatable bonds is 1. The van der Waals surface area contributed by atoms with Crippen LogP contribution < -0.4 is 10.2 Å².